The van der Waals surface area contributed by atoms with E-state index in [4.69, 9.17) is 0 Å². The van der Waals surface area contributed by atoms with Gasteiger partial charge in [-0.05, 0) is 31.1 Å². The molecule has 0 aliphatic carbocycles. The molecular formula is C15H17Br2NO2. The van der Waals surface area contributed by atoms with E-state index in [9.17, 15) is 9.90 Å². The van der Waals surface area contributed by atoms with Crippen LogP contribution in [-0.4, -0.2) is 20.5 Å². The minimum Gasteiger partial charge on any atom is -0.365 e. The van der Waals surface area contributed by atoms with Gasteiger partial charge in [-0.1, -0.05) is 63.4 Å². The van der Waals surface area contributed by atoms with E-state index in [2.05, 4.69) is 38.8 Å². The molecule has 1 aromatic rings. The molecule has 2 rings (SSSR count). The van der Waals surface area contributed by atoms with Crippen molar-refractivity contribution in [2.75, 3.05) is 4.90 Å². The molecule has 0 aromatic heterocycles. The number of carbonyl (C=O) groups is 1. The number of rotatable bonds is 5. The van der Waals surface area contributed by atoms with Crippen LogP contribution in [0.4, 0.5) is 5.69 Å². The van der Waals surface area contributed by atoms with Crippen LogP contribution in [0.15, 0.2) is 42.0 Å². The molecule has 1 heterocycles. The second kappa shape index (κ2) is 6.41. The van der Waals surface area contributed by atoms with Crippen LogP contribution in [0.2, 0.25) is 0 Å². The van der Waals surface area contributed by atoms with E-state index >= 15 is 0 Å². The zero-order valence-corrected chi connectivity index (χ0v) is 14.4. The van der Waals surface area contributed by atoms with Crippen molar-refractivity contribution in [1.29, 1.82) is 0 Å². The highest BCUT2D eigenvalue weighted by Crippen LogP contribution is 2.40. The van der Waals surface area contributed by atoms with Gasteiger partial charge in [-0.3, -0.25) is 9.69 Å². The molecule has 1 aromatic carbocycles. The van der Waals surface area contributed by atoms with Crippen molar-refractivity contribution in [3.63, 3.8) is 0 Å². The van der Waals surface area contributed by atoms with Gasteiger partial charge in [0.1, 0.15) is 3.74 Å². The number of hydrogen-bond donors (Lipinski definition) is 1. The Labute approximate surface area is 135 Å². The lowest BCUT2D eigenvalue weighted by Crippen LogP contribution is -2.51. The molecule has 0 bridgehead atoms. The fourth-order valence-electron chi connectivity index (χ4n) is 2.30. The predicted octanol–water partition coefficient (Wildman–Crippen LogP) is 3.95. The summed E-state index contributed by atoms with van der Waals surface area (Å²) in [6, 6.07) is 9.23. The van der Waals surface area contributed by atoms with E-state index in [1.54, 1.807) is 6.08 Å². The van der Waals surface area contributed by atoms with Crippen molar-refractivity contribution >= 4 is 43.5 Å². The van der Waals surface area contributed by atoms with E-state index in [1.165, 1.54) is 4.90 Å². The zero-order valence-electron chi connectivity index (χ0n) is 11.2. The van der Waals surface area contributed by atoms with E-state index in [1.807, 2.05) is 30.3 Å². The summed E-state index contributed by atoms with van der Waals surface area (Å²) < 4.78 is -0.439. The van der Waals surface area contributed by atoms with E-state index < -0.39 is 9.46 Å². The third-order valence-electron chi connectivity index (χ3n) is 3.36. The summed E-state index contributed by atoms with van der Waals surface area (Å²) >= 11 is 6.69. The van der Waals surface area contributed by atoms with Crippen molar-refractivity contribution in [3.05, 3.63) is 42.0 Å². The van der Waals surface area contributed by atoms with Gasteiger partial charge in [0.05, 0.1) is 0 Å². The third-order valence-corrected chi connectivity index (χ3v) is 4.71. The lowest BCUT2D eigenvalue weighted by atomic mass is 10.1. The van der Waals surface area contributed by atoms with Crippen molar-refractivity contribution in [3.8, 4) is 0 Å². The molecule has 5 heteroatoms. The fourth-order valence-corrected chi connectivity index (χ4v) is 2.97. The highest BCUT2D eigenvalue weighted by atomic mass is 79.9. The number of benzene rings is 1. The number of carbonyl (C=O) groups excluding carboxylic acids is 1. The van der Waals surface area contributed by atoms with Gasteiger partial charge in [0.2, 0.25) is 0 Å². The van der Waals surface area contributed by atoms with Crippen LogP contribution in [0.3, 0.4) is 0 Å². The van der Waals surface area contributed by atoms with Gasteiger partial charge >= 0.3 is 0 Å². The normalized spacial score (nSPS) is 22.6. The summed E-state index contributed by atoms with van der Waals surface area (Å²) in [6.45, 7) is 2.08. The topological polar surface area (TPSA) is 40.5 Å². The SMILES string of the molecule is CCCCC1=CC(O)(C(Br)Br)N(c2ccccc2)C1=O. The summed E-state index contributed by atoms with van der Waals surface area (Å²) in [7, 11) is 0. The third kappa shape index (κ3) is 2.85. The maximum atomic E-state index is 12.6. The first kappa shape index (κ1) is 15.7. The number of nitrogens with zero attached hydrogens (tertiary/aromatic N) is 1. The zero-order chi connectivity index (χ0) is 14.8. The Kier molecular flexibility index (Phi) is 5.04. The molecule has 3 nitrogen and oxygen atoms in total. The number of halogens is 2. The molecule has 1 aliphatic heterocycles. The minimum atomic E-state index is -1.39. The van der Waals surface area contributed by atoms with E-state index in [0.717, 1.165) is 12.8 Å². The average molecular weight is 403 g/mol. The first-order valence-corrected chi connectivity index (χ1v) is 8.45. The number of aliphatic hydroxyl groups is 1. The molecule has 1 aliphatic rings. The van der Waals surface area contributed by atoms with Crippen molar-refractivity contribution in [2.24, 2.45) is 0 Å². The van der Waals surface area contributed by atoms with Crippen LogP contribution < -0.4 is 4.90 Å². The van der Waals surface area contributed by atoms with Crippen LogP contribution in [-0.2, 0) is 4.79 Å². The van der Waals surface area contributed by atoms with E-state index in [0.29, 0.717) is 17.7 Å². The van der Waals surface area contributed by atoms with E-state index in [-0.39, 0.29) is 5.91 Å². The highest BCUT2D eigenvalue weighted by Gasteiger charge is 2.48. The predicted molar refractivity (Wildman–Crippen MR) is 88.1 cm³/mol. The number of anilines is 1. The second-order valence-electron chi connectivity index (χ2n) is 4.83. The molecule has 1 atom stereocenters. The summed E-state index contributed by atoms with van der Waals surface area (Å²) in [6.07, 6.45) is 4.30. The summed E-state index contributed by atoms with van der Waals surface area (Å²) in [5, 5.41) is 10.9. The fraction of sp³-hybridized carbons (Fsp3) is 0.400. The molecule has 1 amide bonds. The maximum Gasteiger partial charge on any atom is 0.256 e. The Morgan fingerprint density at radius 2 is 1.95 bits per heavy atom. The van der Waals surface area contributed by atoms with Crippen LogP contribution >= 0.6 is 31.9 Å². The van der Waals surface area contributed by atoms with Crippen LogP contribution in [0.1, 0.15) is 26.2 Å². The quantitative estimate of drug-likeness (QED) is 0.757. The Bertz CT molecular complexity index is 516. The number of hydrogen-bond acceptors (Lipinski definition) is 2. The molecule has 20 heavy (non-hydrogen) atoms. The molecule has 0 saturated carbocycles. The van der Waals surface area contributed by atoms with Crippen molar-refractivity contribution < 1.29 is 9.90 Å². The summed E-state index contributed by atoms with van der Waals surface area (Å²) in [4.78, 5) is 14.0. The van der Waals surface area contributed by atoms with Gasteiger partial charge in [0.15, 0.2) is 5.72 Å². The molecule has 0 saturated heterocycles. The van der Waals surface area contributed by atoms with Crippen LogP contribution in [0.5, 0.6) is 0 Å². The Morgan fingerprint density at radius 1 is 1.30 bits per heavy atom. The first-order valence-electron chi connectivity index (χ1n) is 6.62. The lowest BCUT2D eigenvalue weighted by Gasteiger charge is -2.34. The lowest BCUT2D eigenvalue weighted by molar-refractivity contribution is -0.116. The van der Waals surface area contributed by atoms with Crippen molar-refractivity contribution in [2.45, 2.75) is 35.6 Å². The monoisotopic (exact) mass is 401 g/mol. The minimum absolute atomic E-state index is 0.129. The smallest absolute Gasteiger partial charge is 0.256 e. The van der Waals surface area contributed by atoms with Gasteiger partial charge in [-0.25, -0.2) is 0 Å². The second-order valence-corrected chi connectivity index (χ2v) is 7.89. The maximum absolute atomic E-state index is 12.6. The largest absolute Gasteiger partial charge is 0.365 e. The summed E-state index contributed by atoms with van der Waals surface area (Å²) in [5.74, 6) is -0.129. The van der Waals surface area contributed by atoms with Gasteiger partial charge in [0.25, 0.3) is 5.91 Å². The van der Waals surface area contributed by atoms with Crippen LogP contribution in [0.25, 0.3) is 0 Å². The molecule has 0 radical (unpaired) electrons. The standard InChI is InChI=1S/C15H17Br2NO2/c1-2-3-7-11-10-15(20,14(16)17)18(13(11)19)12-8-5-4-6-9-12/h4-6,8-10,14,20H,2-3,7H2,1H3. The Balaban J connectivity index is 2.39. The first-order chi connectivity index (χ1) is 9.50. The molecule has 1 unspecified atom stereocenters. The highest BCUT2D eigenvalue weighted by molar-refractivity contribution is 9.24. The Hall–Kier alpha value is -0.650. The number of alkyl halides is 2. The van der Waals surface area contributed by atoms with Gasteiger partial charge in [-0.2, -0.15) is 0 Å². The van der Waals surface area contributed by atoms with Gasteiger partial charge in [-0.15, -0.1) is 0 Å². The number of unbranched alkanes of at least 4 members (excludes halogenated alkanes) is 1. The Morgan fingerprint density at radius 3 is 2.50 bits per heavy atom. The van der Waals surface area contributed by atoms with Gasteiger partial charge in [0, 0.05) is 11.3 Å². The molecular weight excluding hydrogens is 386 g/mol. The van der Waals surface area contributed by atoms with Crippen molar-refractivity contribution in [1.82, 2.24) is 0 Å². The number of para-hydroxylation sites is 1. The van der Waals surface area contributed by atoms with Crippen LogP contribution in [0, 0.1) is 0 Å². The summed E-state index contributed by atoms with van der Waals surface area (Å²) in [5.41, 5.74) is -0.0321. The van der Waals surface area contributed by atoms with Gasteiger partial charge < -0.3 is 5.11 Å². The number of amides is 1. The average Bonchev–Trinajstić information content (AvgIpc) is 2.70. The molecule has 1 N–H and O–H groups in total. The molecule has 0 fully saturated rings. The molecule has 108 valence electrons. The molecule has 0 spiro atoms.